The van der Waals surface area contributed by atoms with Crippen molar-refractivity contribution in [3.63, 3.8) is 0 Å². The van der Waals surface area contributed by atoms with Crippen LogP contribution in [0.4, 0.5) is 5.69 Å². The fraction of sp³-hybridized carbons (Fsp3) is 0.217. The zero-order valence-electron chi connectivity index (χ0n) is 16.9. The lowest BCUT2D eigenvalue weighted by atomic mass is 10.1. The summed E-state index contributed by atoms with van der Waals surface area (Å²) in [6, 6.07) is 18.4. The Morgan fingerprint density at radius 1 is 1.03 bits per heavy atom. The number of esters is 1. The Morgan fingerprint density at radius 2 is 1.77 bits per heavy atom. The van der Waals surface area contributed by atoms with Gasteiger partial charge < -0.3 is 10.1 Å². The molecule has 3 aromatic rings. The minimum absolute atomic E-state index is 0.119. The van der Waals surface area contributed by atoms with E-state index in [0.717, 1.165) is 16.3 Å². The lowest BCUT2D eigenvalue weighted by Crippen LogP contribution is -2.24. The van der Waals surface area contributed by atoms with E-state index >= 15 is 0 Å². The molecule has 6 nitrogen and oxygen atoms in total. The third-order valence-corrected chi connectivity index (χ3v) is 5.60. The van der Waals surface area contributed by atoms with Gasteiger partial charge >= 0.3 is 5.97 Å². The summed E-state index contributed by atoms with van der Waals surface area (Å²) >= 11 is 1.40. The van der Waals surface area contributed by atoms with Gasteiger partial charge in [0.05, 0.1) is 23.1 Å². The first-order valence-electron chi connectivity index (χ1n) is 9.73. The first-order chi connectivity index (χ1) is 14.6. The molecule has 2 aromatic carbocycles. The number of carbonyl (C=O) groups excluding carboxylic acids is 2. The Morgan fingerprint density at radius 3 is 2.43 bits per heavy atom. The smallest absolute Gasteiger partial charge is 0.338 e. The molecule has 1 atom stereocenters. The average molecular weight is 422 g/mol. The maximum Gasteiger partial charge on any atom is 0.338 e. The minimum atomic E-state index is -0.379. The highest BCUT2D eigenvalue weighted by Gasteiger charge is 2.19. The molecule has 0 fully saturated rings. The van der Waals surface area contributed by atoms with Gasteiger partial charge in [-0.25, -0.2) is 14.8 Å². The van der Waals surface area contributed by atoms with E-state index in [9.17, 15) is 9.59 Å². The molecule has 1 heterocycles. The lowest BCUT2D eigenvalue weighted by molar-refractivity contribution is -0.115. The van der Waals surface area contributed by atoms with Crippen molar-refractivity contribution in [2.24, 2.45) is 0 Å². The second-order valence-electron chi connectivity index (χ2n) is 6.41. The molecule has 0 saturated heterocycles. The summed E-state index contributed by atoms with van der Waals surface area (Å²) in [4.78, 5) is 33.1. The molecule has 0 saturated carbocycles. The first-order valence-corrected chi connectivity index (χ1v) is 10.6. The van der Waals surface area contributed by atoms with E-state index in [4.69, 9.17) is 4.74 Å². The van der Waals surface area contributed by atoms with Gasteiger partial charge in [-0.05, 0) is 43.7 Å². The molecule has 0 aliphatic heterocycles. The van der Waals surface area contributed by atoms with Gasteiger partial charge in [-0.3, -0.25) is 4.79 Å². The number of carbonyl (C=O) groups is 2. The molecule has 154 valence electrons. The molecule has 3 rings (SSSR count). The van der Waals surface area contributed by atoms with E-state index in [1.54, 1.807) is 31.2 Å². The van der Waals surface area contributed by atoms with E-state index in [0.29, 0.717) is 24.3 Å². The number of benzene rings is 2. The van der Waals surface area contributed by atoms with E-state index in [1.807, 2.05) is 43.3 Å². The van der Waals surface area contributed by atoms with Gasteiger partial charge in [0.2, 0.25) is 5.91 Å². The minimum Gasteiger partial charge on any atom is -0.462 e. The Bertz CT molecular complexity index is 994. The Kier molecular flexibility index (Phi) is 7.57. The van der Waals surface area contributed by atoms with Crippen molar-refractivity contribution in [2.75, 3.05) is 11.9 Å². The fourth-order valence-corrected chi connectivity index (χ4v) is 3.68. The van der Waals surface area contributed by atoms with Gasteiger partial charge in [-0.2, -0.15) is 0 Å². The van der Waals surface area contributed by atoms with Crippen molar-refractivity contribution < 1.29 is 14.3 Å². The van der Waals surface area contributed by atoms with Crippen LogP contribution in [0.3, 0.4) is 0 Å². The molecule has 0 bridgehead atoms. The number of anilines is 1. The summed E-state index contributed by atoms with van der Waals surface area (Å²) in [5.41, 5.74) is 2.89. The van der Waals surface area contributed by atoms with Crippen LogP contribution in [0.15, 0.2) is 72.0 Å². The van der Waals surface area contributed by atoms with Crippen molar-refractivity contribution in [3.05, 3.63) is 72.6 Å². The number of hydrogen-bond acceptors (Lipinski definition) is 6. The highest BCUT2D eigenvalue weighted by Crippen LogP contribution is 2.27. The van der Waals surface area contributed by atoms with Crippen molar-refractivity contribution in [3.8, 4) is 11.3 Å². The van der Waals surface area contributed by atoms with Crippen LogP contribution in [0, 0.1) is 0 Å². The predicted octanol–water partition coefficient (Wildman–Crippen LogP) is 4.83. The van der Waals surface area contributed by atoms with Crippen LogP contribution in [0.5, 0.6) is 0 Å². The highest BCUT2D eigenvalue weighted by molar-refractivity contribution is 8.00. The normalized spacial score (nSPS) is 11.5. The Hall–Kier alpha value is -3.19. The van der Waals surface area contributed by atoms with Gasteiger partial charge in [-0.15, -0.1) is 0 Å². The van der Waals surface area contributed by atoms with Crippen molar-refractivity contribution in [1.29, 1.82) is 0 Å². The number of amides is 1. The molecule has 30 heavy (non-hydrogen) atoms. The van der Waals surface area contributed by atoms with Crippen molar-refractivity contribution in [1.82, 2.24) is 9.97 Å². The van der Waals surface area contributed by atoms with Crippen molar-refractivity contribution >= 4 is 29.3 Å². The monoisotopic (exact) mass is 421 g/mol. The van der Waals surface area contributed by atoms with Crippen LogP contribution < -0.4 is 5.32 Å². The van der Waals surface area contributed by atoms with E-state index < -0.39 is 0 Å². The van der Waals surface area contributed by atoms with Crippen molar-refractivity contribution in [2.45, 2.75) is 30.5 Å². The topological polar surface area (TPSA) is 81.2 Å². The zero-order valence-corrected chi connectivity index (χ0v) is 17.7. The summed E-state index contributed by atoms with van der Waals surface area (Å²) in [5.74, 6) is -0.499. The number of rotatable bonds is 8. The lowest BCUT2D eigenvalue weighted by Gasteiger charge is -2.15. The number of hydrogen-bond donors (Lipinski definition) is 1. The second-order valence-corrected chi connectivity index (χ2v) is 7.63. The predicted molar refractivity (Wildman–Crippen MR) is 118 cm³/mol. The SMILES string of the molecule is CCOC(=O)c1ccc(NC(=O)C(CC)Sc2cc(-c3ccccc3)ncn2)cc1. The summed E-state index contributed by atoms with van der Waals surface area (Å²) < 4.78 is 4.97. The maximum absolute atomic E-state index is 12.8. The molecule has 0 aliphatic carbocycles. The van der Waals surface area contributed by atoms with Crippen LogP contribution in [-0.4, -0.2) is 33.7 Å². The first kappa shape index (κ1) is 21.5. The molecule has 0 radical (unpaired) electrons. The largest absolute Gasteiger partial charge is 0.462 e. The fourth-order valence-electron chi connectivity index (χ4n) is 2.77. The number of ether oxygens (including phenoxy) is 1. The molecule has 1 aromatic heterocycles. The average Bonchev–Trinajstić information content (AvgIpc) is 2.79. The van der Waals surface area contributed by atoms with E-state index in [-0.39, 0.29) is 17.1 Å². The van der Waals surface area contributed by atoms with Gasteiger partial charge in [0.15, 0.2) is 0 Å². The molecule has 7 heteroatoms. The summed E-state index contributed by atoms with van der Waals surface area (Å²) in [6.07, 6.45) is 2.16. The number of nitrogens with zero attached hydrogens (tertiary/aromatic N) is 2. The second kappa shape index (κ2) is 10.5. The Balaban J connectivity index is 1.66. The summed E-state index contributed by atoms with van der Waals surface area (Å²) in [5, 5.41) is 3.33. The standard InChI is InChI=1S/C23H23N3O3S/c1-3-20(22(27)26-18-12-10-17(11-13-18)23(28)29-4-2)30-21-14-19(24-15-25-21)16-8-6-5-7-9-16/h5-15,20H,3-4H2,1-2H3,(H,26,27). The van der Waals surface area contributed by atoms with E-state index in [1.165, 1.54) is 18.1 Å². The summed E-state index contributed by atoms with van der Waals surface area (Å²) in [6.45, 7) is 4.04. The molecule has 1 amide bonds. The van der Waals surface area contributed by atoms with Crippen LogP contribution in [-0.2, 0) is 9.53 Å². The molecule has 0 spiro atoms. The molecular weight excluding hydrogens is 398 g/mol. The molecular formula is C23H23N3O3S. The highest BCUT2D eigenvalue weighted by atomic mass is 32.2. The third kappa shape index (κ3) is 5.67. The maximum atomic E-state index is 12.8. The number of thioether (sulfide) groups is 1. The Labute approximate surface area is 180 Å². The van der Waals surface area contributed by atoms with Gasteiger partial charge in [0, 0.05) is 11.3 Å². The molecule has 1 unspecified atom stereocenters. The van der Waals surface area contributed by atoms with Gasteiger partial charge in [-0.1, -0.05) is 49.0 Å². The van der Waals surface area contributed by atoms with Gasteiger partial charge in [0.25, 0.3) is 0 Å². The van der Waals surface area contributed by atoms with Crippen LogP contribution in [0.2, 0.25) is 0 Å². The zero-order chi connectivity index (χ0) is 21.3. The van der Waals surface area contributed by atoms with Crippen LogP contribution in [0.25, 0.3) is 11.3 Å². The number of nitrogens with one attached hydrogen (secondary N) is 1. The van der Waals surface area contributed by atoms with Crippen LogP contribution >= 0.6 is 11.8 Å². The van der Waals surface area contributed by atoms with E-state index in [2.05, 4.69) is 15.3 Å². The van der Waals surface area contributed by atoms with Crippen LogP contribution in [0.1, 0.15) is 30.6 Å². The molecule has 0 aliphatic rings. The molecule has 1 N–H and O–H groups in total. The quantitative estimate of drug-likeness (QED) is 0.319. The number of aromatic nitrogens is 2. The third-order valence-electron chi connectivity index (χ3n) is 4.30. The van der Waals surface area contributed by atoms with Gasteiger partial charge in [0.1, 0.15) is 11.4 Å². The summed E-state index contributed by atoms with van der Waals surface area (Å²) in [7, 11) is 0.